The number of hydrogen-bond donors (Lipinski definition) is 1. The van der Waals surface area contributed by atoms with Crippen LogP contribution in [0.15, 0.2) is 4.42 Å². The fourth-order valence-electron chi connectivity index (χ4n) is 1.68. The summed E-state index contributed by atoms with van der Waals surface area (Å²) in [6, 6.07) is 2.32. The van der Waals surface area contributed by atoms with Crippen molar-refractivity contribution in [2.75, 3.05) is 6.54 Å². The smallest absolute Gasteiger partial charge is 0.208 e. The van der Waals surface area contributed by atoms with Crippen LogP contribution in [0.3, 0.4) is 0 Å². The van der Waals surface area contributed by atoms with Crippen LogP contribution in [0.5, 0.6) is 0 Å². The van der Waals surface area contributed by atoms with Gasteiger partial charge in [-0.05, 0) is 47.1 Å². The monoisotopic (exact) mass is 249 g/mol. The van der Waals surface area contributed by atoms with Gasteiger partial charge in [0.2, 0.25) is 5.89 Å². The van der Waals surface area contributed by atoms with Gasteiger partial charge in [-0.25, -0.2) is 4.98 Å². The van der Waals surface area contributed by atoms with Crippen LogP contribution >= 0.6 is 0 Å². The third kappa shape index (κ3) is 4.89. The molecule has 1 rings (SSSR count). The first-order valence-electron chi connectivity index (χ1n) is 6.49. The summed E-state index contributed by atoms with van der Waals surface area (Å²) in [6.45, 7) is 9.46. The highest BCUT2D eigenvalue weighted by atomic mass is 16.4. The van der Waals surface area contributed by atoms with Crippen LogP contribution in [0.25, 0.3) is 0 Å². The van der Waals surface area contributed by atoms with Gasteiger partial charge in [0.1, 0.15) is 5.76 Å². The Kier molecular flexibility index (Phi) is 5.36. The highest BCUT2D eigenvalue weighted by molar-refractivity contribution is 5.05. The Balaban J connectivity index is 2.11. The van der Waals surface area contributed by atoms with Gasteiger partial charge in [-0.2, -0.15) is 5.26 Å². The van der Waals surface area contributed by atoms with Gasteiger partial charge in [-0.1, -0.05) is 6.42 Å². The van der Waals surface area contributed by atoms with E-state index in [0.717, 1.165) is 43.2 Å². The molecule has 0 bridgehead atoms. The van der Waals surface area contributed by atoms with Crippen molar-refractivity contribution in [2.24, 2.45) is 5.41 Å². The van der Waals surface area contributed by atoms with E-state index >= 15 is 0 Å². The standard InChI is InChI=1S/C14H23N3O/c1-11-12(2)18-13(17-11)9-16-8-6-5-7-14(3,4)10-15/h16H,5-9H2,1-4H3. The van der Waals surface area contributed by atoms with E-state index in [0.29, 0.717) is 6.54 Å². The van der Waals surface area contributed by atoms with Crippen molar-refractivity contribution in [1.29, 1.82) is 5.26 Å². The van der Waals surface area contributed by atoms with Crippen molar-refractivity contribution < 1.29 is 4.42 Å². The van der Waals surface area contributed by atoms with E-state index in [1.54, 1.807) is 0 Å². The molecule has 0 aliphatic heterocycles. The van der Waals surface area contributed by atoms with Crippen molar-refractivity contribution in [3.63, 3.8) is 0 Å². The van der Waals surface area contributed by atoms with E-state index in [4.69, 9.17) is 9.68 Å². The molecule has 0 radical (unpaired) electrons. The Morgan fingerprint density at radius 2 is 2.06 bits per heavy atom. The minimum absolute atomic E-state index is 0.198. The predicted molar refractivity (Wildman–Crippen MR) is 70.9 cm³/mol. The summed E-state index contributed by atoms with van der Waals surface area (Å²) < 4.78 is 5.48. The lowest BCUT2D eigenvalue weighted by Crippen LogP contribution is -2.16. The number of nitriles is 1. The molecule has 0 amide bonds. The van der Waals surface area contributed by atoms with E-state index in [1.165, 1.54) is 0 Å². The second-order valence-corrected chi connectivity index (χ2v) is 5.38. The largest absolute Gasteiger partial charge is 0.444 e. The summed E-state index contributed by atoms with van der Waals surface area (Å²) in [4.78, 5) is 4.31. The molecule has 0 atom stereocenters. The fourth-order valence-corrected chi connectivity index (χ4v) is 1.68. The summed E-state index contributed by atoms with van der Waals surface area (Å²) in [5, 5.41) is 12.2. The molecule has 1 aromatic heterocycles. The van der Waals surface area contributed by atoms with Gasteiger partial charge in [0, 0.05) is 0 Å². The quantitative estimate of drug-likeness (QED) is 0.754. The Hall–Kier alpha value is -1.34. The summed E-state index contributed by atoms with van der Waals surface area (Å²) in [6.07, 6.45) is 3.09. The molecule has 0 unspecified atom stereocenters. The van der Waals surface area contributed by atoms with Gasteiger partial charge in [0.15, 0.2) is 0 Å². The van der Waals surface area contributed by atoms with Crippen LogP contribution in [0.1, 0.15) is 50.5 Å². The fraction of sp³-hybridized carbons (Fsp3) is 0.714. The summed E-state index contributed by atoms with van der Waals surface area (Å²) >= 11 is 0. The number of nitrogens with one attached hydrogen (secondary N) is 1. The topological polar surface area (TPSA) is 61.9 Å². The molecule has 0 saturated heterocycles. The van der Waals surface area contributed by atoms with E-state index < -0.39 is 0 Å². The van der Waals surface area contributed by atoms with Crippen LogP contribution in [0.2, 0.25) is 0 Å². The molecular weight excluding hydrogens is 226 g/mol. The third-order valence-corrected chi connectivity index (χ3v) is 3.06. The lowest BCUT2D eigenvalue weighted by molar-refractivity contribution is 0.413. The maximum absolute atomic E-state index is 8.89. The average molecular weight is 249 g/mol. The van der Waals surface area contributed by atoms with Gasteiger partial charge < -0.3 is 9.73 Å². The Bertz CT molecular complexity index is 396. The van der Waals surface area contributed by atoms with E-state index in [9.17, 15) is 0 Å². The normalized spacial score (nSPS) is 11.5. The van der Waals surface area contributed by atoms with E-state index in [2.05, 4.69) is 16.4 Å². The molecule has 0 aromatic carbocycles. The molecule has 0 spiro atoms. The minimum Gasteiger partial charge on any atom is -0.444 e. The number of aryl methyl sites for hydroxylation is 2. The van der Waals surface area contributed by atoms with Gasteiger partial charge in [-0.15, -0.1) is 0 Å². The first-order chi connectivity index (χ1) is 8.44. The summed E-state index contributed by atoms with van der Waals surface area (Å²) in [5.74, 6) is 1.64. The van der Waals surface area contributed by atoms with Crippen LogP contribution in [0, 0.1) is 30.6 Å². The van der Waals surface area contributed by atoms with Crippen LogP contribution < -0.4 is 5.32 Å². The second-order valence-electron chi connectivity index (χ2n) is 5.38. The van der Waals surface area contributed by atoms with Crippen LogP contribution in [-0.2, 0) is 6.54 Å². The molecule has 100 valence electrons. The Labute approximate surface area is 109 Å². The maximum atomic E-state index is 8.89. The number of oxazole rings is 1. The number of unbranched alkanes of at least 4 members (excludes halogenated alkanes) is 1. The van der Waals surface area contributed by atoms with E-state index in [-0.39, 0.29) is 5.41 Å². The van der Waals surface area contributed by atoms with Crippen LogP contribution in [-0.4, -0.2) is 11.5 Å². The Morgan fingerprint density at radius 1 is 1.33 bits per heavy atom. The molecule has 0 aliphatic carbocycles. The van der Waals surface area contributed by atoms with Gasteiger partial charge >= 0.3 is 0 Å². The lowest BCUT2D eigenvalue weighted by atomic mass is 9.89. The molecule has 1 heterocycles. The number of hydrogen-bond acceptors (Lipinski definition) is 4. The second kappa shape index (κ2) is 6.55. The van der Waals surface area contributed by atoms with Crippen molar-refractivity contribution >= 4 is 0 Å². The van der Waals surface area contributed by atoms with Gasteiger partial charge in [0.25, 0.3) is 0 Å². The molecular formula is C14H23N3O. The highest BCUT2D eigenvalue weighted by Crippen LogP contribution is 2.21. The number of nitrogens with zero attached hydrogens (tertiary/aromatic N) is 2. The number of rotatable bonds is 7. The zero-order valence-electron chi connectivity index (χ0n) is 11.8. The zero-order valence-corrected chi connectivity index (χ0v) is 11.8. The summed E-state index contributed by atoms with van der Waals surface area (Å²) in [5.41, 5.74) is 0.763. The highest BCUT2D eigenvalue weighted by Gasteiger charge is 2.15. The van der Waals surface area contributed by atoms with Gasteiger partial charge in [-0.3, -0.25) is 0 Å². The Morgan fingerprint density at radius 3 is 2.61 bits per heavy atom. The van der Waals surface area contributed by atoms with E-state index in [1.807, 2.05) is 27.7 Å². The lowest BCUT2D eigenvalue weighted by Gasteiger charge is -2.14. The SMILES string of the molecule is Cc1nc(CNCCCCC(C)(C)C#N)oc1C. The molecule has 4 nitrogen and oxygen atoms in total. The van der Waals surface area contributed by atoms with Gasteiger partial charge in [0.05, 0.1) is 23.7 Å². The summed E-state index contributed by atoms with van der Waals surface area (Å²) in [7, 11) is 0. The molecule has 0 saturated carbocycles. The van der Waals surface area contributed by atoms with Crippen molar-refractivity contribution in [3.05, 3.63) is 17.3 Å². The van der Waals surface area contributed by atoms with Crippen LogP contribution in [0.4, 0.5) is 0 Å². The third-order valence-electron chi connectivity index (χ3n) is 3.06. The van der Waals surface area contributed by atoms with Crippen molar-refractivity contribution in [1.82, 2.24) is 10.3 Å². The molecule has 0 aliphatic rings. The van der Waals surface area contributed by atoms with Crippen molar-refractivity contribution in [3.8, 4) is 6.07 Å². The first kappa shape index (κ1) is 14.7. The minimum atomic E-state index is -0.198. The average Bonchev–Trinajstić information content (AvgIpc) is 2.63. The molecule has 1 N–H and O–H groups in total. The van der Waals surface area contributed by atoms with Crippen molar-refractivity contribution in [2.45, 2.75) is 53.5 Å². The molecule has 0 fully saturated rings. The maximum Gasteiger partial charge on any atom is 0.208 e. The molecule has 4 heteroatoms. The molecule has 1 aromatic rings. The predicted octanol–water partition coefficient (Wildman–Crippen LogP) is 3.10. The zero-order chi connectivity index (χ0) is 13.6. The number of aromatic nitrogens is 1. The molecule has 18 heavy (non-hydrogen) atoms. The first-order valence-corrected chi connectivity index (χ1v) is 6.49.